The van der Waals surface area contributed by atoms with Gasteiger partial charge < -0.3 is 0 Å². The second kappa shape index (κ2) is 7.84. The van der Waals surface area contributed by atoms with Crippen molar-refractivity contribution in [1.29, 1.82) is 0 Å². The number of hydrogen-bond donors (Lipinski definition) is 1. The molecule has 1 aromatic carbocycles. The number of sulfonamides is 1. The van der Waals surface area contributed by atoms with E-state index >= 15 is 0 Å². The van der Waals surface area contributed by atoms with Crippen LogP contribution in [-0.2, 0) is 16.2 Å². The molecule has 0 aliphatic heterocycles. The highest BCUT2D eigenvalue weighted by Crippen LogP contribution is 2.50. The Kier molecular flexibility index (Phi) is 6.06. The summed E-state index contributed by atoms with van der Waals surface area (Å²) in [6.45, 7) is 2.83. The van der Waals surface area contributed by atoms with Gasteiger partial charge in [0.05, 0.1) is 5.56 Å². The molecule has 32 heavy (non-hydrogen) atoms. The molecular weight excluding hydrogens is 480 g/mol. The molecule has 2 atom stereocenters. The second-order valence-corrected chi connectivity index (χ2v) is 11.4. The average Bonchev–Trinajstić information content (AvgIpc) is 3.33. The number of ketones is 1. The van der Waals surface area contributed by atoms with Crippen LogP contribution in [0, 0.1) is 12.8 Å². The van der Waals surface area contributed by atoms with Gasteiger partial charge in [-0.1, -0.05) is 18.2 Å². The molecule has 1 aliphatic carbocycles. The van der Waals surface area contributed by atoms with Gasteiger partial charge in [-0.3, -0.25) is 4.79 Å². The van der Waals surface area contributed by atoms with Crippen LogP contribution in [0.15, 0.2) is 34.5 Å². The molecule has 4 nitrogen and oxygen atoms in total. The van der Waals surface area contributed by atoms with E-state index < -0.39 is 55.3 Å². The van der Waals surface area contributed by atoms with Gasteiger partial charge >= 0.3 is 12.4 Å². The monoisotopic (exact) mass is 499 g/mol. The van der Waals surface area contributed by atoms with Crippen molar-refractivity contribution in [3.8, 4) is 0 Å². The standard InChI is InChI=1S/C20H19F6NO3S2/c1-10-13(9-16(31-10)32(29,30)27-18(2,3)20(24,25)26)17(28)15-8-14(15)11-5-4-6-12(7-11)19(21,22)23/h4-7,9,14-15,27H,8H2,1-3H3. The Labute approximate surface area is 184 Å². The molecule has 1 aliphatic rings. The predicted molar refractivity (Wildman–Crippen MR) is 106 cm³/mol. The van der Waals surface area contributed by atoms with Crippen molar-refractivity contribution < 1.29 is 39.6 Å². The van der Waals surface area contributed by atoms with E-state index in [9.17, 15) is 39.6 Å². The molecule has 0 radical (unpaired) electrons. The molecule has 0 spiro atoms. The molecule has 1 fully saturated rings. The molecule has 2 aromatic rings. The third-order valence-corrected chi connectivity index (χ3v) is 8.47. The third-order valence-electron chi connectivity index (χ3n) is 5.29. The maximum atomic E-state index is 13.1. The third kappa shape index (κ3) is 4.86. The van der Waals surface area contributed by atoms with Gasteiger partial charge in [0.2, 0.25) is 0 Å². The lowest BCUT2D eigenvalue weighted by molar-refractivity contribution is -0.180. The average molecular weight is 499 g/mol. The highest BCUT2D eigenvalue weighted by atomic mass is 32.2. The number of carbonyl (C=O) groups is 1. The quantitative estimate of drug-likeness (QED) is 0.411. The molecule has 3 rings (SSSR count). The fourth-order valence-corrected chi connectivity index (χ4v) is 6.12. The van der Waals surface area contributed by atoms with Crippen LogP contribution in [0.5, 0.6) is 0 Å². The Morgan fingerprint density at radius 3 is 2.28 bits per heavy atom. The van der Waals surface area contributed by atoms with E-state index in [1.807, 2.05) is 0 Å². The zero-order valence-electron chi connectivity index (χ0n) is 17.1. The van der Waals surface area contributed by atoms with Crippen LogP contribution in [-0.4, -0.2) is 25.9 Å². The van der Waals surface area contributed by atoms with Crippen LogP contribution in [0.4, 0.5) is 26.3 Å². The second-order valence-electron chi connectivity index (χ2n) is 8.20. The molecule has 0 amide bonds. The van der Waals surface area contributed by atoms with Crippen LogP contribution in [0.3, 0.4) is 0 Å². The normalized spacial score (nSPS) is 19.8. The Morgan fingerprint density at radius 2 is 1.72 bits per heavy atom. The zero-order chi connectivity index (χ0) is 24.3. The summed E-state index contributed by atoms with van der Waals surface area (Å²) in [6.07, 6.45) is -9.05. The summed E-state index contributed by atoms with van der Waals surface area (Å²) in [5.74, 6) is -1.51. The van der Waals surface area contributed by atoms with Crippen molar-refractivity contribution in [2.45, 2.75) is 55.2 Å². The van der Waals surface area contributed by atoms with Crippen molar-refractivity contribution in [2.24, 2.45) is 5.92 Å². The number of thiophene rings is 1. The first kappa shape index (κ1) is 24.7. The minimum absolute atomic E-state index is 0.0414. The first-order chi connectivity index (χ1) is 14.4. The maximum absolute atomic E-state index is 13.1. The van der Waals surface area contributed by atoms with Gasteiger partial charge in [0.25, 0.3) is 10.0 Å². The highest BCUT2D eigenvalue weighted by Gasteiger charge is 2.50. The SMILES string of the molecule is Cc1sc(S(=O)(=O)NC(C)(C)C(F)(F)F)cc1C(=O)C1CC1c1cccc(C(F)(F)F)c1. The summed E-state index contributed by atoms with van der Waals surface area (Å²) in [4.78, 5) is 13.2. The Morgan fingerprint density at radius 1 is 1.09 bits per heavy atom. The number of halogens is 6. The van der Waals surface area contributed by atoms with Crippen molar-refractivity contribution >= 4 is 27.1 Å². The molecular formula is C20H19F6NO3S2. The zero-order valence-corrected chi connectivity index (χ0v) is 18.7. The minimum atomic E-state index is -4.84. The van der Waals surface area contributed by atoms with E-state index in [0.717, 1.165) is 18.2 Å². The lowest BCUT2D eigenvalue weighted by Crippen LogP contribution is -2.53. The number of Topliss-reactive ketones (excluding diaryl/α,β-unsaturated/α-hetero) is 1. The van der Waals surface area contributed by atoms with Crippen LogP contribution >= 0.6 is 11.3 Å². The number of hydrogen-bond acceptors (Lipinski definition) is 4. The minimum Gasteiger partial charge on any atom is -0.294 e. The van der Waals surface area contributed by atoms with Crippen molar-refractivity contribution in [2.75, 3.05) is 0 Å². The van der Waals surface area contributed by atoms with Gasteiger partial charge in [0, 0.05) is 16.4 Å². The number of rotatable bonds is 6. The molecule has 0 bridgehead atoms. The van der Waals surface area contributed by atoms with Gasteiger partial charge in [-0.05, 0) is 50.8 Å². The first-order valence-corrected chi connectivity index (χ1v) is 11.7. The molecule has 1 heterocycles. The Hall–Kier alpha value is -1.92. The lowest BCUT2D eigenvalue weighted by Gasteiger charge is -2.28. The number of nitrogens with one attached hydrogen (secondary N) is 1. The van der Waals surface area contributed by atoms with Gasteiger partial charge in [-0.25, -0.2) is 8.42 Å². The molecule has 1 N–H and O–H groups in total. The fraction of sp³-hybridized carbons (Fsp3) is 0.450. The summed E-state index contributed by atoms with van der Waals surface area (Å²) in [5, 5.41) is 0. The van der Waals surface area contributed by atoms with Crippen LogP contribution in [0.25, 0.3) is 0 Å². The lowest BCUT2D eigenvalue weighted by atomic mass is 10.0. The van der Waals surface area contributed by atoms with Crippen molar-refractivity contribution in [3.05, 3.63) is 51.9 Å². The van der Waals surface area contributed by atoms with Crippen molar-refractivity contribution in [3.63, 3.8) is 0 Å². The molecule has 2 unspecified atom stereocenters. The van der Waals surface area contributed by atoms with Gasteiger partial charge in [-0.2, -0.15) is 31.1 Å². The van der Waals surface area contributed by atoms with Gasteiger partial charge in [0.1, 0.15) is 9.75 Å². The van der Waals surface area contributed by atoms with Crippen LogP contribution < -0.4 is 4.72 Å². The summed E-state index contributed by atoms with van der Waals surface area (Å²) in [6, 6.07) is 5.69. The molecule has 1 saturated carbocycles. The number of carbonyl (C=O) groups excluding carboxylic acids is 1. The highest BCUT2D eigenvalue weighted by molar-refractivity contribution is 7.91. The molecule has 1 aromatic heterocycles. The topological polar surface area (TPSA) is 63.2 Å². The molecule has 0 saturated heterocycles. The van der Waals surface area contributed by atoms with E-state index in [1.54, 1.807) is 4.72 Å². The van der Waals surface area contributed by atoms with E-state index in [-0.39, 0.29) is 5.56 Å². The molecule has 12 heteroatoms. The largest absolute Gasteiger partial charge is 0.416 e. The Balaban J connectivity index is 1.81. The van der Waals surface area contributed by atoms with E-state index in [0.29, 0.717) is 42.0 Å². The summed E-state index contributed by atoms with van der Waals surface area (Å²) in [7, 11) is -4.56. The van der Waals surface area contributed by atoms with Crippen LogP contribution in [0.2, 0.25) is 0 Å². The summed E-state index contributed by atoms with van der Waals surface area (Å²) in [5.41, 5.74) is -3.15. The number of benzene rings is 1. The smallest absolute Gasteiger partial charge is 0.294 e. The van der Waals surface area contributed by atoms with E-state index in [1.165, 1.54) is 19.1 Å². The first-order valence-electron chi connectivity index (χ1n) is 9.36. The number of alkyl halides is 6. The Bertz CT molecular complexity index is 1150. The number of aryl methyl sites for hydroxylation is 1. The summed E-state index contributed by atoms with van der Waals surface area (Å²) < 4.78 is 104. The fourth-order valence-electron chi connectivity index (χ4n) is 3.27. The maximum Gasteiger partial charge on any atom is 0.416 e. The van der Waals surface area contributed by atoms with E-state index in [2.05, 4.69) is 0 Å². The van der Waals surface area contributed by atoms with E-state index in [4.69, 9.17) is 0 Å². The van der Waals surface area contributed by atoms with Crippen LogP contribution in [0.1, 0.15) is 52.5 Å². The predicted octanol–water partition coefficient (Wildman–Crippen LogP) is 5.68. The van der Waals surface area contributed by atoms with Gasteiger partial charge in [-0.15, -0.1) is 11.3 Å². The summed E-state index contributed by atoms with van der Waals surface area (Å²) >= 11 is 0.662. The molecule has 176 valence electrons. The van der Waals surface area contributed by atoms with Crippen molar-refractivity contribution in [1.82, 2.24) is 4.72 Å². The van der Waals surface area contributed by atoms with Gasteiger partial charge in [0.15, 0.2) is 5.78 Å².